The second-order valence-corrected chi connectivity index (χ2v) is 5.16. The Bertz CT molecular complexity index is 642. The molecule has 5 heteroatoms. The van der Waals surface area contributed by atoms with Crippen molar-refractivity contribution in [1.82, 2.24) is 10.3 Å². The lowest BCUT2D eigenvalue weighted by Gasteiger charge is -2.19. The fraction of sp³-hybridized carbons (Fsp3) is 0.375. The highest BCUT2D eigenvalue weighted by molar-refractivity contribution is 5.98. The van der Waals surface area contributed by atoms with Crippen molar-refractivity contribution in [2.75, 3.05) is 13.7 Å². The van der Waals surface area contributed by atoms with Gasteiger partial charge >= 0.3 is 0 Å². The molecule has 2 aromatic rings. The van der Waals surface area contributed by atoms with Crippen LogP contribution in [-0.4, -0.2) is 35.8 Å². The number of rotatable bonds is 5. The van der Waals surface area contributed by atoms with Crippen molar-refractivity contribution in [2.45, 2.75) is 19.9 Å². The van der Waals surface area contributed by atoms with Crippen molar-refractivity contribution in [1.29, 1.82) is 0 Å². The summed E-state index contributed by atoms with van der Waals surface area (Å²) in [5, 5.41) is 13.7. The van der Waals surface area contributed by atoms with Gasteiger partial charge < -0.3 is 15.2 Å². The summed E-state index contributed by atoms with van der Waals surface area (Å²) in [5.74, 6) is 0.143. The first kappa shape index (κ1) is 15.3. The molecule has 21 heavy (non-hydrogen) atoms. The minimum absolute atomic E-state index is 0.0173. The predicted molar refractivity (Wildman–Crippen MR) is 81.5 cm³/mol. The summed E-state index contributed by atoms with van der Waals surface area (Å²) in [6.45, 7) is 3.76. The van der Waals surface area contributed by atoms with Crippen LogP contribution in [0.2, 0.25) is 0 Å². The number of carbonyl (C=O) groups is 1. The molecule has 0 fully saturated rings. The number of hydrogen-bond acceptors (Lipinski definition) is 4. The SMILES string of the molecule is COc1nc(C(=O)NC(C)C(C)CO)cc2ccccc12. The van der Waals surface area contributed by atoms with Crippen molar-refractivity contribution in [3.05, 3.63) is 36.0 Å². The Morgan fingerprint density at radius 1 is 1.38 bits per heavy atom. The molecule has 1 aromatic heterocycles. The van der Waals surface area contributed by atoms with E-state index in [0.717, 1.165) is 10.8 Å². The van der Waals surface area contributed by atoms with Gasteiger partial charge in [0, 0.05) is 18.0 Å². The van der Waals surface area contributed by atoms with Gasteiger partial charge in [0.25, 0.3) is 5.91 Å². The fourth-order valence-electron chi connectivity index (χ4n) is 2.02. The van der Waals surface area contributed by atoms with E-state index in [-0.39, 0.29) is 24.5 Å². The first-order valence-corrected chi connectivity index (χ1v) is 6.92. The van der Waals surface area contributed by atoms with Crippen molar-refractivity contribution < 1.29 is 14.6 Å². The Morgan fingerprint density at radius 2 is 2.10 bits per heavy atom. The molecule has 112 valence electrons. The summed E-state index contributed by atoms with van der Waals surface area (Å²) in [6.07, 6.45) is 0. The molecular weight excluding hydrogens is 268 g/mol. The number of aliphatic hydroxyl groups excluding tert-OH is 1. The standard InChI is InChI=1S/C16H20N2O3/c1-10(9-19)11(2)17-15(20)14-8-12-6-4-5-7-13(12)16(18-14)21-3/h4-8,10-11,19H,9H2,1-3H3,(H,17,20). The Hall–Kier alpha value is -2.14. The molecule has 2 N–H and O–H groups in total. The zero-order valence-corrected chi connectivity index (χ0v) is 12.5. The Morgan fingerprint density at radius 3 is 2.76 bits per heavy atom. The number of hydrogen-bond donors (Lipinski definition) is 2. The first-order chi connectivity index (χ1) is 10.1. The van der Waals surface area contributed by atoms with Gasteiger partial charge in [-0.05, 0) is 30.4 Å². The highest BCUT2D eigenvalue weighted by Gasteiger charge is 2.17. The highest BCUT2D eigenvalue weighted by atomic mass is 16.5. The smallest absolute Gasteiger partial charge is 0.270 e. The van der Waals surface area contributed by atoms with E-state index in [1.165, 1.54) is 7.11 Å². The molecule has 2 rings (SSSR count). The van der Waals surface area contributed by atoms with Gasteiger partial charge in [-0.1, -0.05) is 25.1 Å². The van der Waals surface area contributed by atoms with Crippen LogP contribution in [-0.2, 0) is 0 Å². The average molecular weight is 288 g/mol. The minimum Gasteiger partial charge on any atom is -0.481 e. The number of carbonyl (C=O) groups excluding carboxylic acids is 1. The summed E-state index contributed by atoms with van der Waals surface area (Å²) in [7, 11) is 1.53. The summed E-state index contributed by atoms with van der Waals surface area (Å²) in [4.78, 5) is 16.5. The van der Waals surface area contributed by atoms with Crippen LogP contribution in [0.1, 0.15) is 24.3 Å². The summed E-state index contributed by atoms with van der Waals surface area (Å²) in [6, 6.07) is 9.22. The second kappa shape index (κ2) is 6.54. The maximum atomic E-state index is 12.3. The molecule has 0 spiro atoms. The van der Waals surface area contributed by atoms with Crippen LogP contribution >= 0.6 is 0 Å². The maximum Gasteiger partial charge on any atom is 0.270 e. The van der Waals surface area contributed by atoms with E-state index in [1.807, 2.05) is 38.1 Å². The number of ether oxygens (including phenoxy) is 1. The van der Waals surface area contributed by atoms with Crippen LogP contribution in [0.5, 0.6) is 5.88 Å². The monoisotopic (exact) mass is 288 g/mol. The molecule has 1 heterocycles. The number of nitrogens with one attached hydrogen (secondary N) is 1. The predicted octanol–water partition coefficient (Wildman–Crippen LogP) is 1.99. The van der Waals surface area contributed by atoms with Crippen LogP contribution in [0.15, 0.2) is 30.3 Å². The Kier molecular flexibility index (Phi) is 4.75. The summed E-state index contributed by atoms with van der Waals surface area (Å²) in [5.41, 5.74) is 0.308. The fourth-order valence-corrected chi connectivity index (χ4v) is 2.02. The molecule has 2 unspecified atom stereocenters. The molecular formula is C16H20N2O3. The summed E-state index contributed by atoms with van der Waals surface area (Å²) >= 11 is 0. The average Bonchev–Trinajstić information content (AvgIpc) is 2.52. The van der Waals surface area contributed by atoms with Gasteiger partial charge in [-0.3, -0.25) is 4.79 Å². The lowest BCUT2D eigenvalue weighted by atomic mass is 10.0. The van der Waals surface area contributed by atoms with E-state index in [0.29, 0.717) is 11.6 Å². The van der Waals surface area contributed by atoms with Crippen LogP contribution < -0.4 is 10.1 Å². The molecule has 5 nitrogen and oxygen atoms in total. The topological polar surface area (TPSA) is 71.5 Å². The third-order valence-corrected chi connectivity index (χ3v) is 3.63. The zero-order chi connectivity index (χ0) is 15.4. The normalized spacial score (nSPS) is 13.7. The van der Waals surface area contributed by atoms with E-state index in [4.69, 9.17) is 9.84 Å². The van der Waals surface area contributed by atoms with Crippen LogP contribution in [0, 0.1) is 5.92 Å². The van der Waals surface area contributed by atoms with Gasteiger partial charge in [-0.25, -0.2) is 4.98 Å². The number of benzene rings is 1. The largest absolute Gasteiger partial charge is 0.481 e. The third kappa shape index (κ3) is 3.31. The third-order valence-electron chi connectivity index (χ3n) is 3.63. The number of amides is 1. The van der Waals surface area contributed by atoms with E-state index < -0.39 is 0 Å². The van der Waals surface area contributed by atoms with Gasteiger partial charge in [-0.2, -0.15) is 0 Å². The zero-order valence-electron chi connectivity index (χ0n) is 12.5. The Balaban J connectivity index is 2.31. The van der Waals surface area contributed by atoms with Gasteiger partial charge in [0.05, 0.1) is 7.11 Å². The van der Waals surface area contributed by atoms with E-state index in [9.17, 15) is 4.79 Å². The molecule has 2 atom stereocenters. The van der Waals surface area contributed by atoms with Crippen molar-refractivity contribution in [2.24, 2.45) is 5.92 Å². The molecule has 0 saturated carbocycles. The lowest BCUT2D eigenvalue weighted by molar-refractivity contribution is 0.0910. The molecule has 1 amide bonds. The summed E-state index contributed by atoms with van der Waals surface area (Å²) < 4.78 is 5.26. The van der Waals surface area contributed by atoms with Gasteiger partial charge in [0.15, 0.2) is 0 Å². The molecule has 0 bridgehead atoms. The highest BCUT2D eigenvalue weighted by Crippen LogP contribution is 2.24. The number of aromatic nitrogens is 1. The molecule has 0 aliphatic carbocycles. The van der Waals surface area contributed by atoms with Crippen molar-refractivity contribution in [3.8, 4) is 5.88 Å². The van der Waals surface area contributed by atoms with E-state index in [1.54, 1.807) is 6.07 Å². The number of methoxy groups -OCH3 is 1. The number of nitrogens with zero attached hydrogens (tertiary/aromatic N) is 1. The molecule has 0 radical (unpaired) electrons. The number of fused-ring (bicyclic) bond motifs is 1. The van der Waals surface area contributed by atoms with Gasteiger partial charge in [0.1, 0.15) is 5.69 Å². The first-order valence-electron chi connectivity index (χ1n) is 6.92. The van der Waals surface area contributed by atoms with Crippen LogP contribution in [0.3, 0.4) is 0 Å². The number of aliphatic hydroxyl groups is 1. The second-order valence-electron chi connectivity index (χ2n) is 5.16. The molecule has 0 aliphatic heterocycles. The van der Waals surface area contributed by atoms with Gasteiger partial charge in [0.2, 0.25) is 5.88 Å². The van der Waals surface area contributed by atoms with Crippen LogP contribution in [0.4, 0.5) is 0 Å². The number of pyridine rings is 1. The molecule has 0 aliphatic rings. The maximum absolute atomic E-state index is 12.3. The Labute approximate surface area is 124 Å². The van der Waals surface area contributed by atoms with E-state index in [2.05, 4.69) is 10.3 Å². The quantitative estimate of drug-likeness (QED) is 0.882. The minimum atomic E-state index is -0.271. The van der Waals surface area contributed by atoms with E-state index >= 15 is 0 Å². The molecule has 1 aromatic carbocycles. The van der Waals surface area contributed by atoms with Crippen LogP contribution in [0.25, 0.3) is 10.8 Å². The van der Waals surface area contributed by atoms with Crippen molar-refractivity contribution in [3.63, 3.8) is 0 Å². The molecule has 0 saturated heterocycles. The lowest BCUT2D eigenvalue weighted by Crippen LogP contribution is -2.38. The van der Waals surface area contributed by atoms with Gasteiger partial charge in [-0.15, -0.1) is 0 Å². The van der Waals surface area contributed by atoms with Crippen molar-refractivity contribution >= 4 is 16.7 Å².